The van der Waals surface area contributed by atoms with Crippen molar-refractivity contribution in [2.75, 3.05) is 36.5 Å². The second-order valence-corrected chi connectivity index (χ2v) is 6.70. The molecule has 1 aliphatic rings. The maximum absolute atomic E-state index is 5.46. The zero-order valence-corrected chi connectivity index (χ0v) is 15.3. The largest absolute Gasteiger partial charge is 0.378 e. The summed E-state index contributed by atoms with van der Waals surface area (Å²) in [7, 11) is 0. The van der Waals surface area contributed by atoms with Crippen LogP contribution in [0.3, 0.4) is 0 Å². The highest BCUT2D eigenvalue weighted by Crippen LogP contribution is 2.29. The van der Waals surface area contributed by atoms with Crippen molar-refractivity contribution in [3.63, 3.8) is 0 Å². The third-order valence-corrected chi connectivity index (χ3v) is 4.83. The number of H-pyrrole nitrogens is 1. The van der Waals surface area contributed by atoms with Gasteiger partial charge in [-0.3, -0.25) is 0 Å². The van der Waals surface area contributed by atoms with Gasteiger partial charge in [-0.1, -0.05) is 37.3 Å². The predicted octanol–water partition coefficient (Wildman–Crippen LogP) is 3.67. The number of rotatable bonds is 5. The van der Waals surface area contributed by atoms with Crippen molar-refractivity contribution in [3.8, 4) is 0 Å². The molecule has 3 heterocycles. The number of aromatic nitrogens is 3. The van der Waals surface area contributed by atoms with E-state index in [0.717, 1.165) is 61.2 Å². The fraction of sp³-hybridized carbons (Fsp3) is 0.400. The van der Waals surface area contributed by atoms with Crippen molar-refractivity contribution in [2.45, 2.75) is 26.3 Å². The summed E-state index contributed by atoms with van der Waals surface area (Å²) in [4.78, 5) is 15.2. The van der Waals surface area contributed by atoms with Gasteiger partial charge in [0.1, 0.15) is 11.5 Å². The number of benzene rings is 1. The molecular formula is C20H25N5O. The average molecular weight is 351 g/mol. The first-order chi connectivity index (χ1) is 12.7. The van der Waals surface area contributed by atoms with Crippen molar-refractivity contribution in [1.29, 1.82) is 0 Å². The van der Waals surface area contributed by atoms with Crippen LogP contribution in [0.2, 0.25) is 0 Å². The SMILES string of the molecule is CCC(Nc1nc(N2CCOCC2)nc2[nH]c(C)cc12)c1ccccc1. The number of aromatic amines is 1. The molecule has 0 bridgehead atoms. The Kier molecular flexibility index (Phi) is 4.75. The first-order valence-corrected chi connectivity index (χ1v) is 9.26. The molecule has 2 N–H and O–H groups in total. The van der Waals surface area contributed by atoms with E-state index >= 15 is 0 Å². The van der Waals surface area contributed by atoms with Crippen molar-refractivity contribution >= 4 is 22.8 Å². The molecule has 0 saturated carbocycles. The van der Waals surface area contributed by atoms with Gasteiger partial charge in [0.15, 0.2) is 0 Å². The van der Waals surface area contributed by atoms with E-state index < -0.39 is 0 Å². The van der Waals surface area contributed by atoms with Crippen molar-refractivity contribution in [2.24, 2.45) is 0 Å². The molecule has 1 saturated heterocycles. The lowest BCUT2D eigenvalue weighted by molar-refractivity contribution is 0.122. The van der Waals surface area contributed by atoms with Crippen LogP contribution in [0.5, 0.6) is 0 Å². The molecule has 1 aromatic carbocycles. The molecule has 0 amide bonds. The number of hydrogen-bond donors (Lipinski definition) is 2. The molecule has 6 nitrogen and oxygen atoms in total. The Morgan fingerprint density at radius 3 is 2.69 bits per heavy atom. The molecule has 0 spiro atoms. The van der Waals surface area contributed by atoms with E-state index in [1.165, 1.54) is 5.56 Å². The Morgan fingerprint density at radius 2 is 1.96 bits per heavy atom. The van der Waals surface area contributed by atoms with Crippen LogP contribution in [0, 0.1) is 6.92 Å². The van der Waals surface area contributed by atoms with Crippen molar-refractivity contribution < 1.29 is 4.74 Å². The minimum Gasteiger partial charge on any atom is -0.378 e. The molecule has 0 aliphatic carbocycles. The molecule has 1 fully saturated rings. The van der Waals surface area contributed by atoms with Crippen LogP contribution < -0.4 is 10.2 Å². The van der Waals surface area contributed by atoms with E-state index in [4.69, 9.17) is 14.7 Å². The summed E-state index contributed by atoms with van der Waals surface area (Å²) in [6, 6.07) is 12.8. The van der Waals surface area contributed by atoms with Gasteiger partial charge < -0.3 is 19.9 Å². The Balaban J connectivity index is 1.72. The predicted molar refractivity (Wildman–Crippen MR) is 105 cm³/mol. The molecule has 136 valence electrons. The van der Waals surface area contributed by atoms with Gasteiger partial charge in [0.2, 0.25) is 5.95 Å². The van der Waals surface area contributed by atoms with Gasteiger partial charge in [0.05, 0.1) is 24.6 Å². The van der Waals surface area contributed by atoms with Gasteiger partial charge >= 0.3 is 0 Å². The number of hydrogen-bond acceptors (Lipinski definition) is 5. The topological polar surface area (TPSA) is 66.1 Å². The lowest BCUT2D eigenvalue weighted by atomic mass is 10.0. The molecule has 2 aromatic heterocycles. The van der Waals surface area contributed by atoms with E-state index in [-0.39, 0.29) is 6.04 Å². The summed E-state index contributed by atoms with van der Waals surface area (Å²) >= 11 is 0. The summed E-state index contributed by atoms with van der Waals surface area (Å²) in [5, 5.41) is 4.69. The van der Waals surface area contributed by atoms with E-state index in [0.29, 0.717) is 0 Å². The van der Waals surface area contributed by atoms with Gasteiger partial charge in [0.25, 0.3) is 0 Å². The number of morpholine rings is 1. The van der Waals surface area contributed by atoms with Gasteiger partial charge in [0, 0.05) is 18.8 Å². The standard InChI is InChI=1S/C20H25N5O/c1-3-17(15-7-5-4-6-8-15)22-19-16-13-14(2)21-18(16)23-20(24-19)25-9-11-26-12-10-25/h4-8,13,17H,3,9-12H2,1-2H3,(H2,21,22,23,24). The molecule has 4 rings (SSSR count). The number of nitrogens with one attached hydrogen (secondary N) is 2. The molecule has 1 aliphatic heterocycles. The third kappa shape index (κ3) is 3.37. The first kappa shape index (κ1) is 16.8. The number of anilines is 2. The van der Waals surface area contributed by atoms with Crippen LogP contribution in [-0.2, 0) is 4.74 Å². The minimum absolute atomic E-state index is 0.210. The van der Waals surface area contributed by atoms with E-state index in [1.807, 2.05) is 13.0 Å². The Hall–Kier alpha value is -2.60. The fourth-order valence-electron chi connectivity index (χ4n) is 3.42. The van der Waals surface area contributed by atoms with Crippen LogP contribution >= 0.6 is 0 Å². The van der Waals surface area contributed by atoms with E-state index in [2.05, 4.69) is 52.5 Å². The normalized spacial score (nSPS) is 16.0. The molecule has 26 heavy (non-hydrogen) atoms. The van der Waals surface area contributed by atoms with Crippen molar-refractivity contribution in [1.82, 2.24) is 15.0 Å². The maximum Gasteiger partial charge on any atom is 0.229 e. The molecule has 1 unspecified atom stereocenters. The van der Waals surface area contributed by atoms with Gasteiger partial charge in [-0.05, 0) is 25.0 Å². The fourth-order valence-corrected chi connectivity index (χ4v) is 3.42. The minimum atomic E-state index is 0.210. The average Bonchev–Trinajstić information content (AvgIpc) is 3.07. The zero-order valence-electron chi connectivity index (χ0n) is 15.3. The smallest absolute Gasteiger partial charge is 0.229 e. The second kappa shape index (κ2) is 7.33. The number of nitrogens with zero attached hydrogens (tertiary/aromatic N) is 3. The first-order valence-electron chi connectivity index (χ1n) is 9.26. The second-order valence-electron chi connectivity index (χ2n) is 6.70. The Bertz CT molecular complexity index is 871. The van der Waals surface area contributed by atoms with Crippen LogP contribution in [0.1, 0.15) is 30.6 Å². The monoisotopic (exact) mass is 351 g/mol. The zero-order chi connectivity index (χ0) is 17.9. The van der Waals surface area contributed by atoms with Crippen LogP contribution in [0.15, 0.2) is 36.4 Å². The summed E-state index contributed by atoms with van der Waals surface area (Å²) in [5.74, 6) is 1.64. The summed E-state index contributed by atoms with van der Waals surface area (Å²) in [6.07, 6.45) is 0.978. The Labute approximate surface area is 153 Å². The highest BCUT2D eigenvalue weighted by atomic mass is 16.5. The molecular weight excluding hydrogens is 326 g/mol. The Morgan fingerprint density at radius 1 is 1.19 bits per heavy atom. The maximum atomic E-state index is 5.46. The van der Waals surface area contributed by atoms with Gasteiger partial charge in [-0.25, -0.2) is 0 Å². The van der Waals surface area contributed by atoms with E-state index in [9.17, 15) is 0 Å². The number of fused-ring (bicyclic) bond motifs is 1. The van der Waals surface area contributed by atoms with E-state index in [1.54, 1.807) is 0 Å². The number of ether oxygens (including phenoxy) is 1. The molecule has 6 heteroatoms. The van der Waals surface area contributed by atoms with Crippen molar-refractivity contribution in [3.05, 3.63) is 47.7 Å². The lowest BCUT2D eigenvalue weighted by Gasteiger charge is -2.27. The summed E-state index contributed by atoms with van der Waals surface area (Å²) < 4.78 is 5.46. The highest BCUT2D eigenvalue weighted by Gasteiger charge is 2.19. The van der Waals surface area contributed by atoms with Crippen LogP contribution in [0.4, 0.5) is 11.8 Å². The highest BCUT2D eigenvalue weighted by molar-refractivity contribution is 5.89. The van der Waals surface area contributed by atoms with Crippen LogP contribution in [-0.4, -0.2) is 41.3 Å². The molecule has 3 aromatic rings. The number of aryl methyl sites for hydroxylation is 1. The molecule has 1 atom stereocenters. The molecule has 0 radical (unpaired) electrons. The summed E-state index contributed by atoms with van der Waals surface area (Å²) in [6.45, 7) is 7.31. The van der Waals surface area contributed by atoms with Gasteiger partial charge in [-0.2, -0.15) is 9.97 Å². The lowest BCUT2D eigenvalue weighted by Crippen LogP contribution is -2.37. The van der Waals surface area contributed by atoms with Gasteiger partial charge in [-0.15, -0.1) is 0 Å². The summed E-state index contributed by atoms with van der Waals surface area (Å²) in [5.41, 5.74) is 3.23. The quantitative estimate of drug-likeness (QED) is 0.734. The van der Waals surface area contributed by atoms with Crippen LogP contribution in [0.25, 0.3) is 11.0 Å². The third-order valence-electron chi connectivity index (χ3n) is 4.83.